The summed E-state index contributed by atoms with van der Waals surface area (Å²) in [4.78, 5) is 11.2. The van der Waals surface area contributed by atoms with Crippen molar-refractivity contribution in [1.29, 1.82) is 0 Å². The summed E-state index contributed by atoms with van der Waals surface area (Å²) in [6, 6.07) is 3.18. The molecular weight excluding hydrogens is 340 g/mol. The SMILES string of the molecule is CC1(CCCCc2c(O)ccc(O)c2CCCCCC2(C(=O)O)CC2)CC1. The average Bonchev–Trinajstić information content (AvgIpc) is 3.54. The normalized spacial score (nSPS) is 19.0. The maximum atomic E-state index is 11.2. The van der Waals surface area contributed by atoms with Gasteiger partial charge in [-0.1, -0.05) is 26.2 Å². The van der Waals surface area contributed by atoms with E-state index in [9.17, 15) is 20.1 Å². The van der Waals surface area contributed by atoms with E-state index in [-0.39, 0.29) is 5.75 Å². The number of carboxylic acid groups (broad SMARTS) is 1. The van der Waals surface area contributed by atoms with Gasteiger partial charge >= 0.3 is 5.97 Å². The number of aliphatic carboxylic acids is 1. The fourth-order valence-electron chi connectivity index (χ4n) is 4.21. The first-order valence-corrected chi connectivity index (χ1v) is 10.6. The van der Waals surface area contributed by atoms with E-state index in [4.69, 9.17) is 0 Å². The van der Waals surface area contributed by atoms with Crippen molar-refractivity contribution in [2.24, 2.45) is 10.8 Å². The minimum atomic E-state index is -0.643. The highest BCUT2D eigenvalue weighted by molar-refractivity contribution is 5.77. The Kier molecular flexibility index (Phi) is 6.02. The van der Waals surface area contributed by atoms with Crippen molar-refractivity contribution in [2.45, 2.75) is 90.4 Å². The Morgan fingerprint density at radius 1 is 0.852 bits per heavy atom. The largest absolute Gasteiger partial charge is 0.508 e. The first-order chi connectivity index (χ1) is 12.9. The van der Waals surface area contributed by atoms with Crippen molar-refractivity contribution >= 4 is 5.97 Å². The molecule has 0 saturated heterocycles. The molecule has 2 saturated carbocycles. The summed E-state index contributed by atoms with van der Waals surface area (Å²) in [5, 5.41) is 29.8. The van der Waals surface area contributed by atoms with Gasteiger partial charge in [0.15, 0.2) is 0 Å². The average molecular weight is 375 g/mol. The van der Waals surface area contributed by atoms with Crippen molar-refractivity contribution < 1.29 is 20.1 Å². The highest BCUT2D eigenvalue weighted by Crippen LogP contribution is 2.50. The molecule has 0 amide bonds. The minimum absolute atomic E-state index is 0.279. The van der Waals surface area contributed by atoms with Gasteiger partial charge in [-0.05, 0) is 81.8 Å². The summed E-state index contributed by atoms with van der Waals surface area (Å²) in [5.74, 6) is -0.0696. The first kappa shape index (κ1) is 20.0. The molecule has 0 aliphatic heterocycles. The highest BCUT2D eigenvalue weighted by atomic mass is 16.4. The molecule has 3 rings (SSSR count). The molecular formula is C23H34O4. The van der Waals surface area contributed by atoms with Crippen LogP contribution >= 0.6 is 0 Å². The summed E-state index contributed by atoms with van der Waals surface area (Å²) in [6.07, 6.45) is 12.9. The van der Waals surface area contributed by atoms with Crippen LogP contribution in [0.25, 0.3) is 0 Å². The van der Waals surface area contributed by atoms with Crippen molar-refractivity contribution in [2.75, 3.05) is 0 Å². The van der Waals surface area contributed by atoms with E-state index in [1.54, 1.807) is 12.1 Å². The molecule has 2 aliphatic carbocycles. The number of benzene rings is 1. The molecule has 0 aromatic heterocycles. The Morgan fingerprint density at radius 2 is 1.37 bits per heavy atom. The summed E-state index contributed by atoms with van der Waals surface area (Å²) in [6.45, 7) is 2.35. The molecule has 0 spiro atoms. The Bertz CT molecular complexity index is 671. The Morgan fingerprint density at radius 3 is 1.85 bits per heavy atom. The van der Waals surface area contributed by atoms with Crippen molar-refractivity contribution in [3.63, 3.8) is 0 Å². The van der Waals surface area contributed by atoms with E-state index in [0.29, 0.717) is 11.2 Å². The van der Waals surface area contributed by atoms with Gasteiger partial charge in [-0.15, -0.1) is 0 Å². The molecule has 2 aliphatic rings. The number of hydrogen-bond acceptors (Lipinski definition) is 3. The third-order valence-corrected chi connectivity index (χ3v) is 6.83. The Hall–Kier alpha value is -1.71. The topological polar surface area (TPSA) is 77.8 Å². The number of phenols is 2. The van der Waals surface area contributed by atoms with Crippen LogP contribution in [0.2, 0.25) is 0 Å². The van der Waals surface area contributed by atoms with Gasteiger partial charge in [-0.25, -0.2) is 0 Å². The van der Waals surface area contributed by atoms with E-state index in [0.717, 1.165) is 68.9 Å². The molecule has 3 N–H and O–H groups in total. The van der Waals surface area contributed by atoms with E-state index in [1.165, 1.54) is 25.7 Å². The molecule has 0 heterocycles. The number of unbranched alkanes of at least 4 members (excludes halogenated alkanes) is 3. The Balaban J connectivity index is 1.46. The zero-order valence-electron chi connectivity index (χ0n) is 16.6. The van der Waals surface area contributed by atoms with Gasteiger partial charge in [0, 0.05) is 11.1 Å². The lowest BCUT2D eigenvalue weighted by Crippen LogP contribution is -2.14. The van der Waals surface area contributed by atoms with Gasteiger partial charge in [0.2, 0.25) is 0 Å². The van der Waals surface area contributed by atoms with Crippen LogP contribution < -0.4 is 0 Å². The molecule has 1 aromatic carbocycles. The number of carbonyl (C=O) groups is 1. The van der Waals surface area contributed by atoms with Gasteiger partial charge in [0.1, 0.15) is 11.5 Å². The summed E-state index contributed by atoms with van der Waals surface area (Å²) < 4.78 is 0. The number of carboxylic acids is 1. The summed E-state index contributed by atoms with van der Waals surface area (Å²) >= 11 is 0. The first-order valence-electron chi connectivity index (χ1n) is 10.6. The lowest BCUT2D eigenvalue weighted by Gasteiger charge is -2.15. The fourth-order valence-corrected chi connectivity index (χ4v) is 4.21. The van der Waals surface area contributed by atoms with Crippen LogP contribution in [-0.4, -0.2) is 21.3 Å². The summed E-state index contributed by atoms with van der Waals surface area (Å²) in [7, 11) is 0. The monoisotopic (exact) mass is 374 g/mol. The fraction of sp³-hybridized carbons (Fsp3) is 0.696. The lowest BCUT2D eigenvalue weighted by molar-refractivity contribution is -0.143. The van der Waals surface area contributed by atoms with Gasteiger partial charge in [-0.2, -0.15) is 0 Å². The van der Waals surface area contributed by atoms with E-state index < -0.39 is 11.4 Å². The second-order valence-electron chi connectivity index (χ2n) is 9.22. The smallest absolute Gasteiger partial charge is 0.309 e. The van der Waals surface area contributed by atoms with Gasteiger partial charge in [0.05, 0.1) is 5.41 Å². The number of aromatic hydroxyl groups is 2. The number of hydrogen-bond donors (Lipinski definition) is 3. The van der Waals surface area contributed by atoms with Gasteiger partial charge in [-0.3, -0.25) is 4.79 Å². The third-order valence-electron chi connectivity index (χ3n) is 6.83. The van der Waals surface area contributed by atoms with E-state index in [2.05, 4.69) is 6.92 Å². The molecule has 0 bridgehead atoms. The van der Waals surface area contributed by atoms with Gasteiger partial charge < -0.3 is 15.3 Å². The Labute approximate surface area is 162 Å². The molecule has 1 aromatic rings. The van der Waals surface area contributed by atoms with Crippen LogP contribution in [0.4, 0.5) is 0 Å². The minimum Gasteiger partial charge on any atom is -0.508 e. The predicted octanol–water partition coefficient (Wildman–Crippen LogP) is 5.58. The molecule has 0 atom stereocenters. The van der Waals surface area contributed by atoms with E-state index in [1.807, 2.05) is 0 Å². The van der Waals surface area contributed by atoms with Crippen LogP contribution in [0.3, 0.4) is 0 Å². The zero-order chi connectivity index (χ0) is 19.5. The number of phenolic OH excluding ortho intramolecular Hbond substituents is 2. The molecule has 2 fully saturated rings. The van der Waals surface area contributed by atoms with Crippen molar-refractivity contribution in [3.05, 3.63) is 23.3 Å². The third kappa shape index (κ3) is 5.18. The van der Waals surface area contributed by atoms with E-state index >= 15 is 0 Å². The van der Waals surface area contributed by atoms with Crippen molar-refractivity contribution in [1.82, 2.24) is 0 Å². The van der Waals surface area contributed by atoms with Crippen LogP contribution in [0, 0.1) is 10.8 Å². The quantitative estimate of drug-likeness (QED) is 0.330. The maximum Gasteiger partial charge on any atom is 0.309 e. The van der Waals surface area contributed by atoms with Crippen molar-refractivity contribution in [3.8, 4) is 11.5 Å². The molecule has 4 heteroatoms. The molecule has 0 unspecified atom stereocenters. The molecule has 4 nitrogen and oxygen atoms in total. The second-order valence-corrected chi connectivity index (χ2v) is 9.22. The standard InChI is InChI=1S/C23H34O4/c1-22(13-14-22)11-6-4-8-18-17(19(24)9-10-20(18)25)7-3-2-5-12-23(15-16-23)21(26)27/h9-10,24-25H,2-8,11-16H2,1H3,(H,26,27). The second kappa shape index (κ2) is 8.12. The molecule has 0 radical (unpaired) electrons. The molecule has 150 valence electrons. The van der Waals surface area contributed by atoms with Crippen LogP contribution in [0.1, 0.15) is 88.7 Å². The van der Waals surface area contributed by atoms with Crippen LogP contribution in [-0.2, 0) is 17.6 Å². The lowest BCUT2D eigenvalue weighted by atomic mass is 9.92. The zero-order valence-corrected chi connectivity index (χ0v) is 16.6. The summed E-state index contributed by atoms with van der Waals surface area (Å²) in [5.41, 5.74) is 1.92. The predicted molar refractivity (Wildman–Crippen MR) is 106 cm³/mol. The maximum absolute atomic E-state index is 11.2. The van der Waals surface area contributed by atoms with Crippen LogP contribution in [0.5, 0.6) is 11.5 Å². The highest BCUT2D eigenvalue weighted by Gasteiger charge is 2.49. The van der Waals surface area contributed by atoms with Crippen LogP contribution in [0.15, 0.2) is 12.1 Å². The number of rotatable bonds is 12. The molecule has 27 heavy (non-hydrogen) atoms. The van der Waals surface area contributed by atoms with Gasteiger partial charge in [0.25, 0.3) is 0 Å².